The highest BCUT2D eigenvalue weighted by atomic mass is 16.1. The second-order valence-electron chi connectivity index (χ2n) is 5.78. The van der Waals surface area contributed by atoms with Crippen molar-refractivity contribution >= 4 is 17.4 Å². The van der Waals surface area contributed by atoms with E-state index >= 15 is 0 Å². The molecule has 0 unspecified atom stereocenters. The molecule has 0 aromatic heterocycles. The van der Waals surface area contributed by atoms with E-state index in [0.717, 1.165) is 11.1 Å². The molecule has 0 fully saturated rings. The normalized spacial score (nSPS) is 11.4. The lowest BCUT2D eigenvalue weighted by molar-refractivity contribution is 0.102. The second kappa shape index (κ2) is 5.73. The van der Waals surface area contributed by atoms with E-state index < -0.39 is 0 Å². The topological polar surface area (TPSA) is 70.0 Å². The summed E-state index contributed by atoms with van der Waals surface area (Å²) in [6, 6.07) is 21.3. The van der Waals surface area contributed by atoms with Crippen LogP contribution in [-0.4, -0.2) is 11.7 Å². The maximum atomic E-state index is 12.5. The molecule has 3 aromatic rings. The lowest BCUT2D eigenvalue weighted by atomic mass is 10.0. The number of carbonyl (C=O) groups is 2. The predicted octanol–water partition coefficient (Wildman–Crippen LogP) is 4.02. The third kappa shape index (κ3) is 2.48. The van der Waals surface area contributed by atoms with Gasteiger partial charge in [0.1, 0.15) is 0 Å². The number of nitriles is 1. The molecule has 0 spiro atoms. The summed E-state index contributed by atoms with van der Waals surface area (Å²) in [6.07, 6.45) is 0. The van der Waals surface area contributed by atoms with Crippen LogP contribution in [0, 0.1) is 11.3 Å². The van der Waals surface area contributed by atoms with Crippen molar-refractivity contribution in [1.82, 2.24) is 0 Å². The summed E-state index contributed by atoms with van der Waals surface area (Å²) < 4.78 is 0. The van der Waals surface area contributed by atoms with Crippen molar-refractivity contribution in [3.05, 3.63) is 89.0 Å². The maximum Gasteiger partial charge on any atom is 0.255 e. The van der Waals surface area contributed by atoms with Gasteiger partial charge in [-0.15, -0.1) is 0 Å². The van der Waals surface area contributed by atoms with Crippen molar-refractivity contribution in [3.8, 4) is 17.2 Å². The number of nitrogens with one attached hydrogen (secondary N) is 1. The highest BCUT2D eigenvalue weighted by Gasteiger charge is 2.27. The van der Waals surface area contributed by atoms with Gasteiger partial charge in [0.2, 0.25) is 0 Å². The minimum atomic E-state index is -0.318. The standard InChI is InChI=1S/C21H12N2O2/c22-12-13-4-3-5-15(10-13)23-21(25)14-8-9-17-16-6-1-2-7-18(16)20(24)19(17)11-14/h1-11H,(H,23,25). The second-order valence-corrected chi connectivity index (χ2v) is 5.78. The van der Waals surface area contributed by atoms with Crippen molar-refractivity contribution in [2.24, 2.45) is 0 Å². The Balaban J connectivity index is 1.66. The van der Waals surface area contributed by atoms with Crippen molar-refractivity contribution in [1.29, 1.82) is 5.26 Å². The molecule has 1 aliphatic carbocycles. The molecule has 0 saturated carbocycles. The number of ketones is 1. The van der Waals surface area contributed by atoms with E-state index in [4.69, 9.17) is 5.26 Å². The largest absolute Gasteiger partial charge is 0.322 e. The Morgan fingerprint density at radius 2 is 1.60 bits per heavy atom. The molecule has 1 aliphatic rings. The number of benzene rings is 3. The van der Waals surface area contributed by atoms with E-state index in [9.17, 15) is 9.59 Å². The first kappa shape index (κ1) is 14.9. The number of carbonyl (C=O) groups excluding carboxylic acids is 2. The quantitative estimate of drug-likeness (QED) is 0.605. The van der Waals surface area contributed by atoms with E-state index in [2.05, 4.69) is 5.32 Å². The van der Waals surface area contributed by atoms with Crippen LogP contribution in [0.3, 0.4) is 0 Å². The van der Waals surface area contributed by atoms with Gasteiger partial charge in [-0.3, -0.25) is 9.59 Å². The zero-order valence-electron chi connectivity index (χ0n) is 13.1. The molecule has 3 aromatic carbocycles. The highest BCUT2D eigenvalue weighted by molar-refractivity contribution is 6.22. The van der Waals surface area contributed by atoms with Gasteiger partial charge in [-0.2, -0.15) is 5.26 Å². The third-order valence-corrected chi connectivity index (χ3v) is 4.24. The molecule has 0 radical (unpaired) electrons. The van der Waals surface area contributed by atoms with Crippen LogP contribution in [0.15, 0.2) is 66.7 Å². The lowest BCUT2D eigenvalue weighted by Crippen LogP contribution is -2.12. The molecule has 0 aliphatic heterocycles. The Kier molecular flexibility index (Phi) is 3.41. The van der Waals surface area contributed by atoms with Gasteiger partial charge in [0.15, 0.2) is 5.78 Å². The van der Waals surface area contributed by atoms with Crippen LogP contribution in [-0.2, 0) is 0 Å². The van der Waals surface area contributed by atoms with E-state index in [1.165, 1.54) is 0 Å². The molecule has 4 rings (SSSR count). The molecule has 4 heteroatoms. The number of rotatable bonds is 2. The molecule has 0 saturated heterocycles. The van der Waals surface area contributed by atoms with Gasteiger partial charge in [-0.05, 0) is 41.5 Å². The summed E-state index contributed by atoms with van der Waals surface area (Å²) in [6.45, 7) is 0. The van der Waals surface area contributed by atoms with E-state index in [-0.39, 0.29) is 11.7 Å². The first-order chi connectivity index (χ1) is 12.2. The van der Waals surface area contributed by atoms with Gasteiger partial charge in [0.05, 0.1) is 11.6 Å². The van der Waals surface area contributed by atoms with Crippen molar-refractivity contribution in [2.45, 2.75) is 0 Å². The molecule has 1 amide bonds. The predicted molar refractivity (Wildman–Crippen MR) is 94.4 cm³/mol. The van der Waals surface area contributed by atoms with Crippen LogP contribution in [0.2, 0.25) is 0 Å². The van der Waals surface area contributed by atoms with Crippen molar-refractivity contribution in [2.75, 3.05) is 5.32 Å². The van der Waals surface area contributed by atoms with Crippen molar-refractivity contribution < 1.29 is 9.59 Å². The van der Waals surface area contributed by atoms with E-state index in [1.807, 2.05) is 24.3 Å². The SMILES string of the molecule is N#Cc1cccc(NC(=O)c2ccc3c(c2)C(=O)c2ccccc2-3)c1. The van der Waals surface area contributed by atoms with Crippen LogP contribution in [0.1, 0.15) is 31.8 Å². The van der Waals surface area contributed by atoms with Gasteiger partial charge in [-0.25, -0.2) is 0 Å². The van der Waals surface area contributed by atoms with E-state index in [1.54, 1.807) is 48.5 Å². The minimum absolute atomic E-state index is 0.0632. The Hall–Kier alpha value is -3.71. The Morgan fingerprint density at radius 1 is 0.840 bits per heavy atom. The summed E-state index contributed by atoms with van der Waals surface area (Å²) in [7, 11) is 0. The number of hydrogen-bond acceptors (Lipinski definition) is 3. The summed E-state index contributed by atoms with van der Waals surface area (Å²) in [4.78, 5) is 25.0. The van der Waals surface area contributed by atoms with Crippen LogP contribution in [0.25, 0.3) is 11.1 Å². The first-order valence-electron chi connectivity index (χ1n) is 7.77. The Morgan fingerprint density at radius 3 is 2.40 bits per heavy atom. The summed E-state index contributed by atoms with van der Waals surface area (Å²) in [5.74, 6) is -0.381. The molecule has 0 bridgehead atoms. The molecule has 0 heterocycles. The Bertz CT molecular complexity index is 1080. The number of anilines is 1. The molecule has 118 valence electrons. The van der Waals surface area contributed by atoms with E-state index in [0.29, 0.717) is 27.9 Å². The Labute approximate surface area is 144 Å². The zero-order valence-corrected chi connectivity index (χ0v) is 13.1. The van der Waals surface area contributed by atoms with Crippen LogP contribution >= 0.6 is 0 Å². The number of amides is 1. The smallest absolute Gasteiger partial charge is 0.255 e. The van der Waals surface area contributed by atoms with Crippen molar-refractivity contribution in [3.63, 3.8) is 0 Å². The number of hydrogen-bond donors (Lipinski definition) is 1. The fourth-order valence-electron chi connectivity index (χ4n) is 3.04. The molecular weight excluding hydrogens is 312 g/mol. The molecule has 4 nitrogen and oxygen atoms in total. The van der Waals surface area contributed by atoms with Gasteiger partial charge in [0, 0.05) is 22.4 Å². The fourth-order valence-corrected chi connectivity index (χ4v) is 3.04. The van der Waals surface area contributed by atoms with Gasteiger partial charge in [0.25, 0.3) is 5.91 Å². The lowest BCUT2D eigenvalue weighted by Gasteiger charge is -2.07. The van der Waals surface area contributed by atoms with Crippen LogP contribution in [0.5, 0.6) is 0 Å². The summed E-state index contributed by atoms with van der Waals surface area (Å²) in [5.41, 5.74) is 4.37. The van der Waals surface area contributed by atoms with Crippen LogP contribution in [0.4, 0.5) is 5.69 Å². The number of fused-ring (bicyclic) bond motifs is 3. The molecule has 1 N–H and O–H groups in total. The minimum Gasteiger partial charge on any atom is -0.322 e. The van der Waals surface area contributed by atoms with Gasteiger partial charge >= 0.3 is 0 Å². The maximum absolute atomic E-state index is 12.5. The molecular formula is C21H12N2O2. The highest BCUT2D eigenvalue weighted by Crippen LogP contribution is 2.36. The first-order valence-corrected chi connectivity index (χ1v) is 7.77. The monoisotopic (exact) mass is 324 g/mol. The van der Waals surface area contributed by atoms with Crippen LogP contribution < -0.4 is 5.32 Å². The third-order valence-electron chi connectivity index (χ3n) is 4.24. The summed E-state index contributed by atoms with van der Waals surface area (Å²) in [5, 5.41) is 11.7. The zero-order chi connectivity index (χ0) is 17.4. The fraction of sp³-hybridized carbons (Fsp3) is 0. The average Bonchev–Trinajstić information content (AvgIpc) is 2.94. The average molecular weight is 324 g/mol. The van der Waals surface area contributed by atoms with Gasteiger partial charge in [-0.1, -0.05) is 36.4 Å². The molecule has 0 atom stereocenters. The van der Waals surface area contributed by atoms with Gasteiger partial charge < -0.3 is 5.32 Å². The number of nitrogens with zero attached hydrogens (tertiary/aromatic N) is 1. The summed E-state index contributed by atoms with van der Waals surface area (Å²) >= 11 is 0. The molecule has 25 heavy (non-hydrogen) atoms.